The Morgan fingerprint density at radius 2 is 1.94 bits per heavy atom. The van der Waals surface area contributed by atoms with Crippen molar-refractivity contribution in [2.24, 2.45) is 5.10 Å². The van der Waals surface area contributed by atoms with E-state index in [9.17, 15) is 25.0 Å². The van der Waals surface area contributed by atoms with Crippen LogP contribution in [0.4, 0.5) is 11.4 Å². The van der Waals surface area contributed by atoms with E-state index in [-0.39, 0.29) is 12.0 Å². The summed E-state index contributed by atoms with van der Waals surface area (Å²) in [5.41, 5.74) is 3.88. The number of amides is 1. The third-order valence-electron chi connectivity index (χ3n) is 4.58. The van der Waals surface area contributed by atoms with Crippen LogP contribution in [-0.4, -0.2) is 31.4 Å². The summed E-state index contributed by atoms with van der Waals surface area (Å²) in [6.45, 7) is 0. The van der Waals surface area contributed by atoms with E-state index in [1.807, 2.05) is 40.2 Å². The lowest BCUT2D eigenvalue weighted by Gasteiger charge is -2.00. The molecule has 0 atom stereocenters. The predicted molar refractivity (Wildman–Crippen MR) is 125 cm³/mol. The fourth-order valence-electron chi connectivity index (χ4n) is 3.01. The Hall–Kier alpha value is -3.97. The van der Waals surface area contributed by atoms with Gasteiger partial charge in [0.2, 0.25) is 5.91 Å². The van der Waals surface area contributed by atoms with Crippen molar-refractivity contribution < 1.29 is 14.6 Å². The number of imidazole rings is 1. The molecule has 4 aromatic rings. The van der Waals surface area contributed by atoms with Gasteiger partial charge in [-0.05, 0) is 18.2 Å². The molecule has 0 fully saturated rings. The molecule has 166 valence electrons. The summed E-state index contributed by atoms with van der Waals surface area (Å²) in [6, 6.07) is 10.9. The first-order valence-corrected chi connectivity index (χ1v) is 11.0. The lowest BCUT2D eigenvalue weighted by molar-refractivity contribution is -0.394. The Labute approximate surface area is 197 Å². The van der Waals surface area contributed by atoms with Gasteiger partial charge >= 0.3 is 0 Å². The Balaban J connectivity index is 1.46. The molecule has 1 N–H and O–H groups in total. The van der Waals surface area contributed by atoms with Crippen LogP contribution in [0.15, 0.2) is 63.6 Å². The van der Waals surface area contributed by atoms with E-state index in [1.165, 1.54) is 17.4 Å². The van der Waals surface area contributed by atoms with Crippen LogP contribution in [0.2, 0.25) is 0 Å². The number of nitro benzene ring substituents is 2. The van der Waals surface area contributed by atoms with E-state index < -0.39 is 27.1 Å². The molecule has 2 heterocycles. The molecule has 0 aliphatic carbocycles. The Bertz CT molecular complexity index is 1410. The van der Waals surface area contributed by atoms with Crippen molar-refractivity contribution in [1.29, 1.82) is 0 Å². The second-order valence-corrected chi connectivity index (χ2v) is 8.49. The minimum absolute atomic E-state index is 0.00975. The number of hydrogen-bond donors (Lipinski definition) is 1. The highest BCUT2D eigenvalue weighted by molar-refractivity contribution is 9.10. The lowest BCUT2D eigenvalue weighted by atomic mass is 10.2. The molecule has 0 aliphatic rings. The summed E-state index contributed by atoms with van der Waals surface area (Å²) in [4.78, 5) is 38.2. The van der Waals surface area contributed by atoms with Crippen LogP contribution in [0, 0.1) is 20.2 Å². The zero-order chi connectivity index (χ0) is 23.5. The lowest BCUT2D eigenvalue weighted by Crippen LogP contribution is -2.20. The van der Waals surface area contributed by atoms with Gasteiger partial charge in [0.15, 0.2) is 4.96 Å². The number of rotatable bonds is 7. The third-order valence-corrected chi connectivity index (χ3v) is 6.00. The molecule has 33 heavy (non-hydrogen) atoms. The fraction of sp³-hybridized carbons (Fsp3) is 0.0500. The topological polar surface area (TPSA) is 145 Å². The van der Waals surface area contributed by atoms with Gasteiger partial charge in [-0.1, -0.05) is 28.1 Å². The number of nitrogens with one attached hydrogen (secondary N) is 1. The van der Waals surface area contributed by atoms with E-state index in [1.54, 1.807) is 0 Å². The zero-order valence-corrected chi connectivity index (χ0v) is 18.9. The maximum Gasteiger partial charge on any atom is 0.285 e. The zero-order valence-electron chi connectivity index (χ0n) is 16.5. The average molecular weight is 529 g/mol. The van der Waals surface area contributed by atoms with Gasteiger partial charge in [0.1, 0.15) is 0 Å². The Morgan fingerprint density at radius 3 is 2.64 bits per heavy atom. The minimum atomic E-state index is -0.750. The molecule has 1 amide bonds. The maximum absolute atomic E-state index is 12.3. The predicted octanol–water partition coefficient (Wildman–Crippen LogP) is 4.33. The molecule has 13 heteroatoms. The highest BCUT2D eigenvalue weighted by atomic mass is 79.9. The number of hydrogen-bond acceptors (Lipinski definition) is 8. The van der Waals surface area contributed by atoms with Crippen LogP contribution >= 0.6 is 27.3 Å². The largest absolute Gasteiger partial charge is 0.294 e. The minimum Gasteiger partial charge on any atom is -0.294 e. The number of halogens is 1. The number of benzene rings is 2. The van der Waals surface area contributed by atoms with Gasteiger partial charge < -0.3 is 0 Å². The van der Waals surface area contributed by atoms with Crippen LogP contribution in [0.3, 0.4) is 0 Å². The SMILES string of the molecule is O=C(Cc1csc2nc(-c3ccc(Br)cc3)cn12)N/N=C/c1ccc([N+](=O)[O-])cc1[N+](=O)[O-]. The maximum atomic E-state index is 12.3. The number of carbonyl (C=O) groups excluding carboxylic acids is 1. The van der Waals surface area contributed by atoms with Gasteiger partial charge in [-0.2, -0.15) is 5.10 Å². The number of nitrogens with zero attached hydrogens (tertiary/aromatic N) is 5. The normalized spacial score (nSPS) is 11.2. The number of hydrazone groups is 1. The van der Waals surface area contributed by atoms with Crippen molar-refractivity contribution in [2.75, 3.05) is 0 Å². The first-order chi connectivity index (χ1) is 15.8. The molecule has 0 aliphatic heterocycles. The molecule has 0 unspecified atom stereocenters. The second kappa shape index (κ2) is 9.26. The van der Waals surface area contributed by atoms with E-state index in [2.05, 4.69) is 31.4 Å². The number of carbonyl (C=O) groups is 1. The number of non-ortho nitro benzene ring substituents is 1. The summed E-state index contributed by atoms with van der Waals surface area (Å²) in [5, 5.41) is 27.6. The molecule has 0 saturated heterocycles. The highest BCUT2D eigenvalue weighted by Crippen LogP contribution is 2.25. The highest BCUT2D eigenvalue weighted by Gasteiger charge is 2.18. The number of nitro groups is 2. The Kier molecular flexibility index (Phi) is 6.24. The van der Waals surface area contributed by atoms with Crippen molar-refractivity contribution >= 4 is 55.7 Å². The van der Waals surface area contributed by atoms with Crippen molar-refractivity contribution in [2.45, 2.75) is 6.42 Å². The van der Waals surface area contributed by atoms with E-state index in [4.69, 9.17) is 0 Å². The van der Waals surface area contributed by atoms with Gasteiger partial charge in [0, 0.05) is 33.4 Å². The summed E-state index contributed by atoms with van der Waals surface area (Å²) in [7, 11) is 0. The van der Waals surface area contributed by atoms with Crippen molar-refractivity contribution in [3.8, 4) is 11.3 Å². The van der Waals surface area contributed by atoms with Crippen molar-refractivity contribution in [3.05, 3.63) is 90.0 Å². The number of aromatic nitrogens is 2. The average Bonchev–Trinajstić information content (AvgIpc) is 3.36. The molecule has 0 radical (unpaired) electrons. The molecule has 0 spiro atoms. The van der Waals surface area contributed by atoms with Crippen LogP contribution in [0.5, 0.6) is 0 Å². The first-order valence-electron chi connectivity index (χ1n) is 9.28. The van der Waals surface area contributed by atoms with Gasteiger partial charge in [-0.3, -0.25) is 29.4 Å². The molecule has 2 aromatic carbocycles. The number of thiazole rings is 1. The van der Waals surface area contributed by atoms with Gasteiger partial charge in [-0.15, -0.1) is 11.3 Å². The van der Waals surface area contributed by atoms with E-state index >= 15 is 0 Å². The summed E-state index contributed by atoms with van der Waals surface area (Å²) in [5.74, 6) is -0.436. The quantitative estimate of drug-likeness (QED) is 0.214. The van der Waals surface area contributed by atoms with E-state index in [0.717, 1.165) is 39.0 Å². The molecule has 4 rings (SSSR count). The molecular weight excluding hydrogens is 516 g/mol. The second-order valence-electron chi connectivity index (χ2n) is 6.74. The van der Waals surface area contributed by atoms with Crippen LogP contribution in [0.25, 0.3) is 16.2 Å². The summed E-state index contributed by atoms with van der Waals surface area (Å²) in [6.07, 6.45) is 2.93. The third kappa shape index (κ3) is 4.94. The molecular formula is C20H13BrN6O5S. The van der Waals surface area contributed by atoms with Crippen LogP contribution in [-0.2, 0) is 11.2 Å². The van der Waals surface area contributed by atoms with Crippen LogP contribution < -0.4 is 5.43 Å². The monoisotopic (exact) mass is 528 g/mol. The smallest absolute Gasteiger partial charge is 0.285 e. The fourth-order valence-corrected chi connectivity index (χ4v) is 4.14. The van der Waals surface area contributed by atoms with Gasteiger partial charge in [0.25, 0.3) is 11.4 Å². The first kappa shape index (κ1) is 22.2. The van der Waals surface area contributed by atoms with Gasteiger partial charge in [-0.25, -0.2) is 10.4 Å². The van der Waals surface area contributed by atoms with E-state index in [0.29, 0.717) is 5.69 Å². The van der Waals surface area contributed by atoms with Gasteiger partial charge in [0.05, 0.1) is 39.8 Å². The molecule has 0 bridgehead atoms. The Morgan fingerprint density at radius 1 is 1.18 bits per heavy atom. The molecule has 11 nitrogen and oxygen atoms in total. The standard InChI is InChI=1S/C20H13BrN6O5S/c21-14-4-1-12(2-5-14)17-10-25-16(11-33-20(25)23-17)8-19(28)24-22-9-13-3-6-15(26(29)30)7-18(13)27(31)32/h1-7,9-11H,8H2,(H,24,28)/b22-9+. The number of fused-ring (bicyclic) bond motifs is 1. The molecule has 2 aromatic heterocycles. The summed E-state index contributed by atoms with van der Waals surface area (Å²) < 4.78 is 2.79. The van der Waals surface area contributed by atoms with Crippen molar-refractivity contribution in [1.82, 2.24) is 14.8 Å². The molecule has 0 saturated carbocycles. The van der Waals surface area contributed by atoms with Crippen LogP contribution in [0.1, 0.15) is 11.3 Å². The summed E-state index contributed by atoms with van der Waals surface area (Å²) >= 11 is 4.80. The van der Waals surface area contributed by atoms with Crippen molar-refractivity contribution in [3.63, 3.8) is 0 Å².